The van der Waals surface area contributed by atoms with Gasteiger partial charge in [0.05, 0.1) is 10.9 Å². The van der Waals surface area contributed by atoms with Gasteiger partial charge in [-0.05, 0) is 68.1 Å². The third-order valence-electron chi connectivity index (χ3n) is 4.94. The maximum absolute atomic E-state index is 13.4. The van der Waals surface area contributed by atoms with Gasteiger partial charge >= 0.3 is 6.01 Å². The molecule has 0 aliphatic heterocycles. The minimum absolute atomic E-state index is 0.0130. The van der Waals surface area contributed by atoms with Crippen LogP contribution in [0.2, 0.25) is 0 Å². The number of ether oxygens (including phenoxy) is 1. The summed E-state index contributed by atoms with van der Waals surface area (Å²) in [7, 11) is -3.89. The minimum atomic E-state index is -3.89. The van der Waals surface area contributed by atoms with Gasteiger partial charge in [-0.1, -0.05) is 5.10 Å². The number of nitrogens with one attached hydrogen (secondary N) is 2. The van der Waals surface area contributed by atoms with Gasteiger partial charge in [0.1, 0.15) is 11.6 Å². The zero-order valence-electron chi connectivity index (χ0n) is 17.3. The molecule has 2 aromatic heterocycles. The summed E-state index contributed by atoms with van der Waals surface area (Å²) in [6.45, 7) is 5.58. The van der Waals surface area contributed by atoms with Crippen LogP contribution in [0, 0.1) is 12.7 Å². The quantitative estimate of drug-likeness (QED) is 0.449. The first-order valence-electron chi connectivity index (χ1n) is 9.75. The molecule has 31 heavy (non-hydrogen) atoms. The van der Waals surface area contributed by atoms with E-state index in [0.717, 1.165) is 17.0 Å². The molecule has 0 saturated carbocycles. The number of hydrogen-bond donors (Lipinski definition) is 2. The summed E-state index contributed by atoms with van der Waals surface area (Å²) >= 11 is 0. The van der Waals surface area contributed by atoms with Gasteiger partial charge in [-0.25, -0.2) is 17.5 Å². The molecule has 162 valence electrons. The molecule has 0 saturated heterocycles. The molecule has 0 radical (unpaired) electrons. The normalized spacial score (nSPS) is 12.9. The molecule has 0 aliphatic carbocycles. The van der Waals surface area contributed by atoms with E-state index >= 15 is 0 Å². The lowest BCUT2D eigenvalue weighted by Gasteiger charge is -2.16. The van der Waals surface area contributed by atoms with Crippen molar-refractivity contribution in [3.63, 3.8) is 0 Å². The van der Waals surface area contributed by atoms with Crippen LogP contribution in [0.1, 0.15) is 31.3 Å². The van der Waals surface area contributed by atoms with Crippen molar-refractivity contribution in [3.05, 3.63) is 65.9 Å². The lowest BCUT2D eigenvalue weighted by Crippen LogP contribution is -2.29. The molecule has 0 amide bonds. The highest BCUT2D eigenvalue weighted by Crippen LogP contribution is 2.27. The van der Waals surface area contributed by atoms with Crippen LogP contribution < -0.4 is 9.46 Å². The van der Waals surface area contributed by atoms with Crippen molar-refractivity contribution in [2.24, 2.45) is 0 Å². The van der Waals surface area contributed by atoms with Crippen molar-refractivity contribution in [2.75, 3.05) is 0 Å². The Kier molecular flexibility index (Phi) is 5.50. The Morgan fingerprint density at radius 3 is 2.74 bits per heavy atom. The van der Waals surface area contributed by atoms with E-state index in [-0.39, 0.29) is 10.9 Å². The van der Waals surface area contributed by atoms with Crippen molar-refractivity contribution < 1.29 is 17.5 Å². The fourth-order valence-corrected chi connectivity index (χ4v) is 4.88. The third-order valence-corrected chi connectivity index (χ3v) is 6.64. The summed E-state index contributed by atoms with van der Waals surface area (Å²) in [4.78, 5) is 3.14. The number of halogens is 1. The van der Waals surface area contributed by atoms with Crippen LogP contribution in [0.5, 0.6) is 11.8 Å². The van der Waals surface area contributed by atoms with E-state index in [9.17, 15) is 12.8 Å². The second kappa shape index (κ2) is 8.12. The van der Waals surface area contributed by atoms with E-state index in [1.807, 2.05) is 37.4 Å². The number of nitrogens with zero attached hydrogens (tertiary/aromatic N) is 3. The van der Waals surface area contributed by atoms with Gasteiger partial charge in [0.25, 0.3) is 0 Å². The van der Waals surface area contributed by atoms with Crippen molar-refractivity contribution in [2.45, 2.75) is 38.3 Å². The highest BCUT2D eigenvalue weighted by Gasteiger charge is 2.25. The maximum atomic E-state index is 13.4. The zero-order valence-corrected chi connectivity index (χ0v) is 18.1. The molecule has 0 aliphatic rings. The van der Waals surface area contributed by atoms with E-state index < -0.39 is 21.9 Å². The number of aromatic amines is 1. The highest BCUT2D eigenvalue weighted by atomic mass is 32.2. The number of fused-ring (bicyclic) bond motifs is 1. The molecule has 0 unspecified atom stereocenters. The molecular weight excluding hydrogens is 421 g/mol. The Hall–Kier alpha value is -3.24. The second-order valence-electron chi connectivity index (χ2n) is 7.17. The van der Waals surface area contributed by atoms with Crippen molar-refractivity contribution in [3.8, 4) is 11.8 Å². The first-order valence-corrected chi connectivity index (χ1v) is 11.2. The maximum Gasteiger partial charge on any atom is 0.322 e. The fraction of sp³-hybridized carbons (Fsp3) is 0.238. The molecule has 10 heteroatoms. The van der Waals surface area contributed by atoms with Crippen LogP contribution in [-0.2, 0) is 16.6 Å². The number of rotatable bonds is 7. The average molecular weight is 444 g/mol. The largest absolute Gasteiger partial charge is 0.424 e. The van der Waals surface area contributed by atoms with E-state index in [4.69, 9.17) is 4.74 Å². The Balaban J connectivity index is 1.58. The summed E-state index contributed by atoms with van der Waals surface area (Å²) in [5.41, 5.74) is 1.25. The van der Waals surface area contributed by atoms with Crippen molar-refractivity contribution in [1.29, 1.82) is 0 Å². The van der Waals surface area contributed by atoms with Gasteiger partial charge in [-0.15, -0.1) is 5.10 Å². The van der Waals surface area contributed by atoms with Gasteiger partial charge in [0.15, 0.2) is 5.82 Å². The monoisotopic (exact) mass is 443 g/mol. The molecular formula is C21H22FN5O3S. The minimum Gasteiger partial charge on any atom is -0.424 e. The fourth-order valence-electron chi connectivity index (χ4n) is 3.45. The lowest BCUT2D eigenvalue weighted by atomic mass is 10.2. The molecule has 4 rings (SSSR count). The Bertz CT molecular complexity index is 1350. The first-order chi connectivity index (χ1) is 14.8. The first kappa shape index (κ1) is 21.0. The average Bonchev–Trinajstić information content (AvgIpc) is 3.33. The van der Waals surface area contributed by atoms with Gasteiger partial charge in [0, 0.05) is 24.3 Å². The molecule has 2 aromatic carbocycles. The van der Waals surface area contributed by atoms with Crippen LogP contribution in [0.15, 0.2) is 53.6 Å². The highest BCUT2D eigenvalue weighted by molar-refractivity contribution is 7.89. The Morgan fingerprint density at radius 2 is 2.00 bits per heavy atom. The zero-order chi connectivity index (χ0) is 22.2. The number of aryl methyl sites for hydroxylation is 1. The van der Waals surface area contributed by atoms with E-state index in [1.54, 1.807) is 18.4 Å². The van der Waals surface area contributed by atoms with Crippen LogP contribution in [-0.4, -0.2) is 28.2 Å². The number of hydrogen-bond acceptors (Lipinski definition) is 5. The summed E-state index contributed by atoms with van der Waals surface area (Å²) in [6, 6.07) is 10.7. The smallest absolute Gasteiger partial charge is 0.322 e. The lowest BCUT2D eigenvalue weighted by molar-refractivity contribution is 0.408. The van der Waals surface area contributed by atoms with Crippen molar-refractivity contribution >= 4 is 20.9 Å². The molecule has 0 spiro atoms. The summed E-state index contributed by atoms with van der Waals surface area (Å²) < 4.78 is 49.2. The molecule has 0 fully saturated rings. The summed E-state index contributed by atoms with van der Waals surface area (Å²) in [5, 5.41) is 9.30. The number of aromatic nitrogens is 4. The van der Waals surface area contributed by atoms with Gasteiger partial charge in [-0.2, -0.15) is 0 Å². The van der Waals surface area contributed by atoms with Gasteiger partial charge < -0.3 is 9.72 Å². The summed E-state index contributed by atoms with van der Waals surface area (Å²) in [5.74, 6) is 0.495. The molecule has 8 nitrogen and oxygen atoms in total. The molecule has 4 aromatic rings. The standard InChI is InChI=1S/C21H22FN5O3S/c1-4-27-20(14(3)26-31(28,29)19-8-6-16(22)11-13(19)2)24-25-21(27)30-17-7-5-15-9-10-23-18(15)12-17/h5-12,14,23,26H,4H2,1-3H3/t14-/m1/s1. The predicted molar refractivity (Wildman–Crippen MR) is 114 cm³/mol. The molecule has 1 atom stereocenters. The number of sulfonamides is 1. The van der Waals surface area contributed by atoms with Crippen LogP contribution in [0.3, 0.4) is 0 Å². The number of H-pyrrole nitrogens is 1. The Morgan fingerprint density at radius 1 is 1.19 bits per heavy atom. The topological polar surface area (TPSA) is 102 Å². The van der Waals surface area contributed by atoms with Crippen LogP contribution in [0.25, 0.3) is 10.9 Å². The van der Waals surface area contributed by atoms with E-state index in [0.29, 0.717) is 23.7 Å². The molecule has 0 bridgehead atoms. The van der Waals surface area contributed by atoms with Crippen LogP contribution >= 0.6 is 0 Å². The number of benzene rings is 2. The van der Waals surface area contributed by atoms with Gasteiger partial charge in [0.2, 0.25) is 10.0 Å². The third kappa shape index (κ3) is 4.17. The van der Waals surface area contributed by atoms with Crippen molar-refractivity contribution in [1.82, 2.24) is 24.5 Å². The summed E-state index contributed by atoms with van der Waals surface area (Å²) in [6.07, 6.45) is 1.84. The second-order valence-corrected chi connectivity index (χ2v) is 8.85. The Labute approximate surface area is 179 Å². The van der Waals surface area contributed by atoms with E-state index in [2.05, 4.69) is 19.9 Å². The molecule has 2 heterocycles. The SMILES string of the molecule is CCn1c(Oc2ccc3cc[nH]c3c2)nnc1[C@@H](C)NS(=O)(=O)c1ccc(F)cc1C. The predicted octanol–water partition coefficient (Wildman–Crippen LogP) is 4.06. The van der Waals surface area contributed by atoms with Gasteiger partial charge in [-0.3, -0.25) is 4.57 Å². The molecule has 2 N–H and O–H groups in total. The van der Waals surface area contributed by atoms with Crippen LogP contribution in [0.4, 0.5) is 4.39 Å². The van der Waals surface area contributed by atoms with E-state index in [1.165, 1.54) is 12.1 Å².